The summed E-state index contributed by atoms with van der Waals surface area (Å²) in [5.41, 5.74) is 2.18. The van der Waals surface area contributed by atoms with Crippen molar-refractivity contribution in [3.8, 4) is 11.5 Å². The van der Waals surface area contributed by atoms with E-state index in [9.17, 15) is 14.7 Å². The summed E-state index contributed by atoms with van der Waals surface area (Å²) in [6.45, 7) is 1.79. The van der Waals surface area contributed by atoms with E-state index in [1.807, 2.05) is 6.07 Å². The van der Waals surface area contributed by atoms with E-state index in [1.165, 1.54) is 13.2 Å². The van der Waals surface area contributed by atoms with E-state index >= 15 is 4.39 Å². The van der Waals surface area contributed by atoms with Crippen molar-refractivity contribution in [2.75, 3.05) is 7.11 Å². The zero-order valence-electron chi connectivity index (χ0n) is 17.1. The summed E-state index contributed by atoms with van der Waals surface area (Å²) >= 11 is 0. The summed E-state index contributed by atoms with van der Waals surface area (Å²) in [6, 6.07) is 8.38. The molecule has 1 unspecified atom stereocenters. The molecule has 4 rings (SSSR count). The van der Waals surface area contributed by atoms with Crippen molar-refractivity contribution in [2.24, 2.45) is 11.8 Å². The lowest BCUT2D eigenvalue weighted by Gasteiger charge is -2.30. The van der Waals surface area contributed by atoms with Gasteiger partial charge in [0.25, 0.3) is 0 Å². The minimum Gasteiger partial charge on any atom is -0.507 e. The Bertz CT molecular complexity index is 982. The zero-order chi connectivity index (χ0) is 21.4. The molecule has 2 aromatic rings. The Hall–Kier alpha value is -2.89. The lowest BCUT2D eigenvalue weighted by Crippen LogP contribution is -2.24. The number of methoxy groups -OCH3 is 1. The fourth-order valence-electron chi connectivity index (χ4n) is 4.50. The smallest absolute Gasteiger partial charge is 0.309 e. The van der Waals surface area contributed by atoms with Crippen LogP contribution in [0, 0.1) is 17.7 Å². The van der Waals surface area contributed by atoms with Crippen LogP contribution in [0.15, 0.2) is 30.3 Å². The second-order valence-corrected chi connectivity index (χ2v) is 8.21. The first-order valence-electron chi connectivity index (χ1n) is 10.3. The fourth-order valence-corrected chi connectivity index (χ4v) is 4.50. The number of benzene rings is 2. The molecule has 6 heteroatoms. The predicted octanol–water partition coefficient (Wildman–Crippen LogP) is 4.71. The lowest BCUT2D eigenvalue weighted by molar-refractivity contribution is -0.145. The molecule has 1 saturated carbocycles. The van der Waals surface area contributed by atoms with Gasteiger partial charge in [-0.05, 0) is 60.4 Å². The number of ether oxygens (including phenoxy) is 2. The number of fused-ring (bicyclic) bond motifs is 1. The normalized spacial score (nSPS) is 19.9. The van der Waals surface area contributed by atoms with Crippen molar-refractivity contribution in [3.63, 3.8) is 0 Å². The first-order chi connectivity index (χ1) is 14.4. The molecule has 0 aromatic heterocycles. The van der Waals surface area contributed by atoms with Crippen molar-refractivity contribution < 1.29 is 28.6 Å². The third-order valence-corrected chi connectivity index (χ3v) is 6.30. The highest BCUT2D eigenvalue weighted by Gasteiger charge is 2.41. The highest BCUT2D eigenvalue weighted by Crippen LogP contribution is 2.49. The van der Waals surface area contributed by atoms with Gasteiger partial charge >= 0.3 is 5.97 Å². The van der Waals surface area contributed by atoms with Gasteiger partial charge in [-0.3, -0.25) is 9.59 Å². The molecule has 3 atom stereocenters. The van der Waals surface area contributed by atoms with E-state index < -0.39 is 17.8 Å². The maximum atomic E-state index is 15.6. The summed E-state index contributed by atoms with van der Waals surface area (Å²) in [4.78, 5) is 23.3. The number of rotatable bonds is 6. The van der Waals surface area contributed by atoms with Gasteiger partial charge < -0.3 is 14.6 Å². The molecule has 2 aliphatic rings. The van der Waals surface area contributed by atoms with Crippen molar-refractivity contribution >= 4 is 12.3 Å². The zero-order valence-corrected chi connectivity index (χ0v) is 17.1. The SMILES string of the molecule is COC(=O)[C@@H](C)[C@H](c1ccc2c(c1F)OC(c1ccc(O)c(C=O)c1)CC2)C1CC1. The highest BCUT2D eigenvalue weighted by atomic mass is 19.1. The Morgan fingerprint density at radius 3 is 2.70 bits per heavy atom. The average molecular weight is 412 g/mol. The van der Waals surface area contributed by atoms with Crippen molar-refractivity contribution in [1.82, 2.24) is 0 Å². The molecule has 1 aliphatic heterocycles. The molecule has 0 radical (unpaired) electrons. The monoisotopic (exact) mass is 412 g/mol. The summed E-state index contributed by atoms with van der Waals surface area (Å²) in [6.07, 6.45) is 3.37. The third-order valence-electron chi connectivity index (χ3n) is 6.30. The molecule has 1 heterocycles. The van der Waals surface area contributed by atoms with Crippen LogP contribution < -0.4 is 4.74 Å². The first-order valence-corrected chi connectivity index (χ1v) is 10.3. The number of carbonyl (C=O) groups excluding carboxylic acids is 2. The number of halogens is 1. The van der Waals surface area contributed by atoms with Crippen molar-refractivity contribution in [1.29, 1.82) is 0 Å². The van der Waals surface area contributed by atoms with Crippen LogP contribution >= 0.6 is 0 Å². The molecule has 1 aliphatic carbocycles. The van der Waals surface area contributed by atoms with Crippen LogP contribution in [0.3, 0.4) is 0 Å². The van der Waals surface area contributed by atoms with Crippen LogP contribution in [0.25, 0.3) is 0 Å². The predicted molar refractivity (Wildman–Crippen MR) is 108 cm³/mol. The topological polar surface area (TPSA) is 72.8 Å². The van der Waals surface area contributed by atoms with Gasteiger partial charge in [-0.25, -0.2) is 4.39 Å². The van der Waals surface area contributed by atoms with Gasteiger partial charge in [-0.1, -0.05) is 25.1 Å². The van der Waals surface area contributed by atoms with Gasteiger partial charge in [-0.2, -0.15) is 0 Å². The van der Waals surface area contributed by atoms with Crippen LogP contribution in [0.1, 0.15) is 65.3 Å². The molecule has 1 fully saturated rings. The number of phenolic OH excluding ortho intramolecular Hbond substituents is 1. The molecule has 0 bridgehead atoms. The quantitative estimate of drug-likeness (QED) is 0.549. The number of hydrogen-bond donors (Lipinski definition) is 1. The number of hydrogen-bond acceptors (Lipinski definition) is 5. The van der Waals surface area contributed by atoms with Gasteiger partial charge in [0.15, 0.2) is 17.9 Å². The Balaban J connectivity index is 1.67. The Morgan fingerprint density at radius 1 is 1.27 bits per heavy atom. The van der Waals surface area contributed by atoms with E-state index in [2.05, 4.69) is 0 Å². The number of aromatic hydroxyl groups is 1. The van der Waals surface area contributed by atoms with Crippen molar-refractivity contribution in [2.45, 2.75) is 44.6 Å². The Morgan fingerprint density at radius 2 is 2.03 bits per heavy atom. The highest BCUT2D eigenvalue weighted by molar-refractivity contribution is 5.79. The van der Waals surface area contributed by atoms with Gasteiger partial charge in [-0.15, -0.1) is 0 Å². The minimum absolute atomic E-state index is 0.0949. The lowest BCUT2D eigenvalue weighted by atomic mass is 9.82. The maximum Gasteiger partial charge on any atom is 0.309 e. The largest absolute Gasteiger partial charge is 0.507 e. The molecule has 0 saturated heterocycles. The van der Waals surface area contributed by atoms with Crippen molar-refractivity contribution in [3.05, 3.63) is 58.4 Å². The van der Waals surface area contributed by atoms with E-state index in [-0.39, 0.29) is 34.9 Å². The van der Waals surface area contributed by atoms with E-state index in [0.717, 1.165) is 18.4 Å². The van der Waals surface area contributed by atoms with Crippen LogP contribution in [0.2, 0.25) is 0 Å². The summed E-state index contributed by atoms with van der Waals surface area (Å²) in [5.74, 6) is -1.07. The van der Waals surface area contributed by atoms with Gasteiger partial charge in [0.05, 0.1) is 18.6 Å². The molecule has 2 aromatic carbocycles. The second-order valence-electron chi connectivity index (χ2n) is 8.21. The number of phenols is 1. The summed E-state index contributed by atoms with van der Waals surface area (Å²) < 4.78 is 26.6. The third kappa shape index (κ3) is 3.66. The first kappa shape index (κ1) is 20.4. The van der Waals surface area contributed by atoms with E-state index in [1.54, 1.807) is 25.1 Å². The van der Waals surface area contributed by atoms with Crippen LogP contribution in [-0.4, -0.2) is 24.5 Å². The molecule has 5 nitrogen and oxygen atoms in total. The standard InChI is InChI=1S/C24H25FO5/c1-13(24(28)29-2)21(14-3-4-14)18-8-5-15-7-10-20(30-23(15)22(18)25)16-6-9-19(27)17(11-16)12-26/h5-6,8-9,11-14,20-21,27H,3-4,7,10H2,1-2H3/t13-,20?,21-/m0/s1. The molecule has 1 N–H and O–H groups in total. The molecular weight excluding hydrogens is 387 g/mol. The second kappa shape index (κ2) is 8.09. The minimum atomic E-state index is -0.443. The average Bonchev–Trinajstić information content (AvgIpc) is 3.60. The van der Waals surface area contributed by atoms with Crippen LogP contribution in [0.4, 0.5) is 4.39 Å². The fraction of sp³-hybridized carbons (Fsp3) is 0.417. The van der Waals surface area contributed by atoms with E-state index in [0.29, 0.717) is 30.3 Å². The molecule has 158 valence electrons. The van der Waals surface area contributed by atoms with E-state index in [4.69, 9.17) is 9.47 Å². The summed E-state index contributed by atoms with van der Waals surface area (Å²) in [5, 5.41) is 9.74. The number of esters is 1. The Labute approximate surface area is 174 Å². The maximum absolute atomic E-state index is 15.6. The number of aryl methyl sites for hydroxylation is 1. The van der Waals surface area contributed by atoms with Gasteiger partial charge in [0, 0.05) is 5.92 Å². The summed E-state index contributed by atoms with van der Waals surface area (Å²) in [7, 11) is 1.35. The van der Waals surface area contributed by atoms with Gasteiger partial charge in [0.1, 0.15) is 11.9 Å². The molecular formula is C24H25FO5. The van der Waals surface area contributed by atoms with Crippen LogP contribution in [-0.2, 0) is 16.0 Å². The molecule has 0 spiro atoms. The molecule has 30 heavy (non-hydrogen) atoms. The Kier molecular flexibility index (Phi) is 5.50. The number of carbonyl (C=O) groups is 2. The van der Waals surface area contributed by atoms with Gasteiger partial charge in [0.2, 0.25) is 0 Å². The molecule has 0 amide bonds. The van der Waals surface area contributed by atoms with Crippen LogP contribution in [0.5, 0.6) is 11.5 Å². The number of aldehydes is 1.